The molecule has 156 valence electrons. The van der Waals surface area contributed by atoms with Crippen molar-refractivity contribution >= 4 is 11.4 Å². The third-order valence-electron chi connectivity index (χ3n) is 3.82. The van der Waals surface area contributed by atoms with Crippen molar-refractivity contribution in [3.8, 4) is 40.2 Å². The minimum Gasteiger partial charge on any atom is -0.493 e. The van der Waals surface area contributed by atoms with E-state index in [1.165, 1.54) is 53.7 Å². The fraction of sp³-hybridized carbons (Fsp3) is 0.294. The maximum atomic E-state index is 11.5. The average Bonchev–Trinajstić information content (AvgIpc) is 2.71. The molecule has 0 aliphatic rings. The highest BCUT2D eigenvalue weighted by atomic mass is 16.6. The first-order valence-electron chi connectivity index (χ1n) is 7.88. The number of hydrogen-bond acceptors (Lipinski definition) is 10. The molecule has 12 nitrogen and oxygen atoms in total. The third-order valence-corrected chi connectivity index (χ3v) is 3.82. The maximum absolute atomic E-state index is 11.5. The van der Waals surface area contributed by atoms with Crippen LogP contribution < -0.4 is 28.4 Å². The Morgan fingerprint density at radius 2 is 1.07 bits per heavy atom. The lowest BCUT2D eigenvalue weighted by atomic mass is 10.2. The molecule has 0 heterocycles. The molecule has 0 aliphatic carbocycles. The van der Waals surface area contributed by atoms with Crippen LogP contribution in [0.5, 0.6) is 40.2 Å². The Kier molecular flexibility index (Phi) is 6.49. The van der Waals surface area contributed by atoms with Crippen molar-refractivity contribution in [1.29, 1.82) is 0 Å². The van der Waals surface area contributed by atoms with Crippen LogP contribution in [0.25, 0.3) is 0 Å². The van der Waals surface area contributed by atoms with Crippen molar-refractivity contribution in [1.82, 2.24) is 0 Å². The molecule has 29 heavy (non-hydrogen) atoms. The topological polar surface area (TPSA) is 142 Å². The van der Waals surface area contributed by atoms with E-state index in [0.717, 1.165) is 0 Å². The molecule has 12 heteroatoms. The quantitative estimate of drug-likeness (QED) is 0.446. The van der Waals surface area contributed by atoms with Crippen molar-refractivity contribution in [3.63, 3.8) is 0 Å². The van der Waals surface area contributed by atoms with Crippen LogP contribution in [0.2, 0.25) is 0 Å². The van der Waals surface area contributed by atoms with Gasteiger partial charge >= 0.3 is 11.4 Å². The summed E-state index contributed by atoms with van der Waals surface area (Å²) in [6.45, 7) is 0. The van der Waals surface area contributed by atoms with E-state index in [4.69, 9.17) is 28.4 Å². The Morgan fingerprint density at radius 3 is 1.45 bits per heavy atom. The monoisotopic (exact) mass is 410 g/mol. The van der Waals surface area contributed by atoms with Crippen molar-refractivity contribution in [2.75, 3.05) is 35.5 Å². The molecular formula is C17H18N2O10. The Balaban J connectivity index is 2.72. The summed E-state index contributed by atoms with van der Waals surface area (Å²) in [5.74, 6) is -0.672. The zero-order valence-electron chi connectivity index (χ0n) is 16.2. The van der Waals surface area contributed by atoms with E-state index in [1.54, 1.807) is 0 Å². The van der Waals surface area contributed by atoms with Gasteiger partial charge in [0.15, 0.2) is 5.75 Å². The average molecular weight is 410 g/mol. The van der Waals surface area contributed by atoms with Gasteiger partial charge in [-0.25, -0.2) is 0 Å². The molecule has 0 fully saturated rings. The second-order valence-corrected chi connectivity index (χ2v) is 5.28. The predicted molar refractivity (Wildman–Crippen MR) is 99.0 cm³/mol. The summed E-state index contributed by atoms with van der Waals surface area (Å²) in [4.78, 5) is 21.5. The number of methoxy groups -OCH3 is 5. The molecule has 0 N–H and O–H groups in total. The van der Waals surface area contributed by atoms with Crippen LogP contribution >= 0.6 is 0 Å². The molecule has 0 radical (unpaired) electrons. The van der Waals surface area contributed by atoms with Gasteiger partial charge in [-0.15, -0.1) is 0 Å². The molecule has 0 aromatic heterocycles. The number of rotatable bonds is 9. The fourth-order valence-electron chi connectivity index (χ4n) is 2.58. The van der Waals surface area contributed by atoms with Gasteiger partial charge in [-0.05, 0) is 0 Å². The highest BCUT2D eigenvalue weighted by molar-refractivity contribution is 5.71. The molecule has 0 aliphatic heterocycles. The highest BCUT2D eigenvalue weighted by Gasteiger charge is 2.32. The van der Waals surface area contributed by atoms with Gasteiger partial charge in [0.25, 0.3) is 0 Å². The summed E-state index contributed by atoms with van der Waals surface area (Å²) in [5, 5.41) is 22.8. The molecule has 0 spiro atoms. The van der Waals surface area contributed by atoms with Gasteiger partial charge in [0, 0.05) is 18.2 Å². The molecule has 2 aromatic carbocycles. The van der Waals surface area contributed by atoms with Crippen LogP contribution in [0.3, 0.4) is 0 Å². The smallest absolute Gasteiger partial charge is 0.356 e. The number of nitro benzene ring substituents is 2. The minimum atomic E-state index is -0.693. The van der Waals surface area contributed by atoms with E-state index in [9.17, 15) is 20.2 Å². The molecule has 0 saturated heterocycles. The van der Waals surface area contributed by atoms with E-state index < -0.39 is 21.2 Å². The Morgan fingerprint density at radius 1 is 0.621 bits per heavy atom. The summed E-state index contributed by atoms with van der Waals surface area (Å²) in [6.07, 6.45) is 0. The molecule has 2 rings (SSSR count). The Bertz CT molecular complexity index is 919. The first-order chi connectivity index (χ1) is 13.8. The minimum absolute atomic E-state index is 0.0281. The van der Waals surface area contributed by atoms with Gasteiger partial charge in [-0.1, -0.05) is 0 Å². The van der Waals surface area contributed by atoms with Gasteiger partial charge in [-0.2, -0.15) is 0 Å². The number of ether oxygens (including phenoxy) is 6. The molecule has 0 unspecified atom stereocenters. The molecular weight excluding hydrogens is 392 g/mol. The van der Waals surface area contributed by atoms with Gasteiger partial charge in [-0.3, -0.25) is 20.2 Å². The maximum Gasteiger partial charge on any atom is 0.356 e. The Labute approximate surface area is 164 Å². The van der Waals surface area contributed by atoms with E-state index >= 15 is 0 Å². The second-order valence-electron chi connectivity index (χ2n) is 5.28. The lowest BCUT2D eigenvalue weighted by Gasteiger charge is -2.17. The second kappa shape index (κ2) is 8.82. The van der Waals surface area contributed by atoms with Crippen LogP contribution in [-0.4, -0.2) is 45.4 Å². The normalized spacial score (nSPS) is 10.1. The summed E-state index contributed by atoms with van der Waals surface area (Å²) in [7, 11) is 6.28. The van der Waals surface area contributed by atoms with E-state index in [2.05, 4.69) is 0 Å². The zero-order chi connectivity index (χ0) is 21.7. The lowest BCUT2D eigenvalue weighted by molar-refractivity contribution is -0.386. The fourth-order valence-corrected chi connectivity index (χ4v) is 2.58. The standard InChI is InChI=1S/C17H18N2O10/c1-24-10-6-9(7-11(25-2)14(10)18(20)21)29-16-13(27-4)8-12(26-3)15(19(22)23)17(16)28-5/h6-8H,1-5H3. The van der Waals surface area contributed by atoms with Crippen LogP contribution in [0.4, 0.5) is 11.4 Å². The zero-order valence-corrected chi connectivity index (χ0v) is 16.2. The predicted octanol–water partition coefficient (Wildman–Crippen LogP) is 3.34. The third kappa shape index (κ3) is 4.00. The highest BCUT2D eigenvalue weighted by Crippen LogP contribution is 2.52. The van der Waals surface area contributed by atoms with Gasteiger partial charge in [0.1, 0.15) is 5.75 Å². The number of nitrogens with zero attached hydrogens (tertiary/aromatic N) is 2. The molecule has 0 saturated carbocycles. The van der Waals surface area contributed by atoms with Crippen LogP contribution in [0.1, 0.15) is 0 Å². The first-order valence-corrected chi connectivity index (χ1v) is 7.88. The van der Waals surface area contributed by atoms with Crippen molar-refractivity contribution in [2.45, 2.75) is 0 Å². The van der Waals surface area contributed by atoms with Crippen molar-refractivity contribution in [3.05, 3.63) is 38.4 Å². The number of hydrogen-bond donors (Lipinski definition) is 0. The van der Waals surface area contributed by atoms with E-state index in [-0.39, 0.29) is 40.2 Å². The van der Waals surface area contributed by atoms with Gasteiger partial charge in [0.2, 0.25) is 28.7 Å². The van der Waals surface area contributed by atoms with Gasteiger partial charge < -0.3 is 28.4 Å². The summed E-state index contributed by atoms with van der Waals surface area (Å²) < 4.78 is 31.3. The van der Waals surface area contributed by atoms with Gasteiger partial charge in [0.05, 0.1) is 45.4 Å². The molecule has 0 amide bonds. The van der Waals surface area contributed by atoms with Crippen molar-refractivity contribution < 1.29 is 38.3 Å². The number of benzene rings is 2. The van der Waals surface area contributed by atoms with Crippen LogP contribution in [0, 0.1) is 20.2 Å². The van der Waals surface area contributed by atoms with Crippen molar-refractivity contribution in [2.24, 2.45) is 0 Å². The SMILES string of the molecule is COc1cc(OC)c([N+](=O)[O-])c(OC)c1Oc1cc(OC)c([N+](=O)[O-])c(OC)c1. The summed E-state index contributed by atoms with van der Waals surface area (Å²) in [5.41, 5.74) is -0.881. The Hall–Kier alpha value is -3.96. The lowest BCUT2D eigenvalue weighted by Crippen LogP contribution is -2.03. The van der Waals surface area contributed by atoms with Crippen LogP contribution in [-0.2, 0) is 0 Å². The largest absolute Gasteiger partial charge is 0.493 e. The molecule has 0 atom stereocenters. The van der Waals surface area contributed by atoms with E-state index in [1.807, 2.05) is 0 Å². The number of nitro groups is 2. The summed E-state index contributed by atoms with van der Waals surface area (Å²) in [6, 6.07) is 3.72. The van der Waals surface area contributed by atoms with Crippen LogP contribution in [0.15, 0.2) is 18.2 Å². The summed E-state index contributed by atoms with van der Waals surface area (Å²) >= 11 is 0. The first kappa shape index (κ1) is 21.3. The molecule has 0 bridgehead atoms. The van der Waals surface area contributed by atoms with E-state index in [0.29, 0.717) is 0 Å². The molecule has 2 aromatic rings.